The van der Waals surface area contributed by atoms with Gasteiger partial charge in [0.1, 0.15) is 0 Å². The van der Waals surface area contributed by atoms with Crippen LogP contribution in [0.4, 0.5) is 0 Å². The summed E-state index contributed by atoms with van der Waals surface area (Å²) in [5.74, 6) is 0. The minimum Gasteiger partial charge on any atom is -0.313 e. The van der Waals surface area contributed by atoms with Gasteiger partial charge >= 0.3 is 0 Å². The standard InChI is InChI=1S/C15H30N2/c1-3-13-9-8-12-17(13)15-11-7-5-6-10-14(15)16-4-2/h13-16H,3-12H2,1-2H3. The van der Waals surface area contributed by atoms with Crippen LogP contribution in [-0.2, 0) is 0 Å². The zero-order valence-corrected chi connectivity index (χ0v) is 11.8. The van der Waals surface area contributed by atoms with Gasteiger partial charge in [-0.25, -0.2) is 0 Å². The van der Waals surface area contributed by atoms with Crippen molar-refractivity contribution in [1.82, 2.24) is 10.2 Å². The van der Waals surface area contributed by atoms with Gasteiger partial charge in [0.15, 0.2) is 0 Å². The van der Waals surface area contributed by atoms with E-state index in [0.29, 0.717) is 0 Å². The molecular weight excluding hydrogens is 208 g/mol. The second kappa shape index (κ2) is 6.75. The third-order valence-corrected chi connectivity index (χ3v) is 4.77. The normalized spacial score (nSPS) is 36.0. The van der Waals surface area contributed by atoms with Crippen molar-refractivity contribution in [3.05, 3.63) is 0 Å². The zero-order chi connectivity index (χ0) is 12.1. The molecule has 0 aromatic rings. The molecule has 0 amide bonds. The summed E-state index contributed by atoms with van der Waals surface area (Å²) in [6.45, 7) is 7.10. The summed E-state index contributed by atoms with van der Waals surface area (Å²) >= 11 is 0. The van der Waals surface area contributed by atoms with E-state index in [-0.39, 0.29) is 0 Å². The first-order valence-electron chi connectivity index (χ1n) is 7.86. The summed E-state index contributed by atoms with van der Waals surface area (Å²) in [5.41, 5.74) is 0. The maximum atomic E-state index is 3.75. The highest BCUT2D eigenvalue weighted by atomic mass is 15.2. The average molecular weight is 238 g/mol. The van der Waals surface area contributed by atoms with Crippen LogP contribution in [-0.4, -0.2) is 36.1 Å². The van der Waals surface area contributed by atoms with Crippen molar-refractivity contribution in [3.63, 3.8) is 0 Å². The summed E-state index contributed by atoms with van der Waals surface area (Å²) in [4.78, 5) is 2.85. The van der Waals surface area contributed by atoms with Gasteiger partial charge in [0.2, 0.25) is 0 Å². The highest BCUT2D eigenvalue weighted by molar-refractivity contribution is 4.92. The molecule has 2 heteroatoms. The predicted molar refractivity (Wildman–Crippen MR) is 74.4 cm³/mol. The molecule has 0 aromatic heterocycles. The van der Waals surface area contributed by atoms with Crippen LogP contribution in [0.2, 0.25) is 0 Å². The van der Waals surface area contributed by atoms with E-state index in [2.05, 4.69) is 24.1 Å². The quantitative estimate of drug-likeness (QED) is 0.757. The van der Waals surface area contributed by atoms with Gasteiger partial charge in [-0.3, -0.25) is 4.90 Å². The Morgan fingerprint density at radius 2 is 1.82 bits per heavy atom. The maximum Gasteiger partial charge on any atom is 0.0252 e. The summed E-state index contributed by atoms with van der Waals surface area (Å²) < 4.78 is 0. The number of nitrogens with zero attached hydrogens (tertiary/aromatic N) is 1. The van der Waals surface area contributed by atoms with Crippen LogP contribution in [0.3, 0.4) is 0 Å². The highest BCUT2D eigenvalue weighted by Gasteiger charge is 2.34. The van der Waals surface area contributed by atoms with Crippen LogP contribution < -0.4 is 5.32 Å². The van der Waals surface area contributed by atoms with Crippen LogP contribution in [0.25, 0.3) is 0 Å². The second-order valence-electron chi connectivity index (χ2n) is 5.81. The molecular formula is C15H30N2. The molecule has 2 rings (SSSR count). The van der Waals surface area contributed by atoms with Crippen molar-refractivity contribution in [2.24, 2.45) is 0 Å². The number of likely N-dealkylation sites (tertiary alicyclic amines) is 1. The van der Waals surface area contributed by atoms with Crippen LogP contribution >= 0.6 is 0 Å². The first kappa shape index (κ1) is 13.4. The summed E-state index contributed by atoms with van der Waals surface area (Å²) in [6.07, 6.45) is 11.3. The fourth-order valence-electron chi connectivity index (χ4n) is 3.92. The van der Waals surface area contributed by atoms with Gasteiger partial charge in [0.25, 0.3) is 0 Å². The first-order valence-corrected chi connectivity index (χ1v) is 7.86. The second-order valence-corrected chi connectivity index (χ2v) is 5.81. The smallest absolute Gasteiger partial charge is 0.0252 e. The highest BCUT2D eigenvalue weighted by Crippen LogP contribution is 2.30. The number of rotatable bonds is 4. The Morgan fingerprint density at radius 3 is 2.59 bits per heavy atom. The van der Waals surface area contributed by atoms with Crippen molar-refractivity contribution >= 4 is 0 Å². The SMILES string of the molecule is CCNC1CCCCCC1N1CCCC1CC. The van der Waals surface area contributed by atoms with E-state index in [1.165, 1.54) is 57.9 Å². The molecule has 0 radical (unpaired) electrons. The molecule has 1 aliphatic heterocycles. The topological polar surface area (TPSA) is 15.3 Å². The van der Waals surface area contributed by atoms with E-state index in [4.69, 9.17) is 0 Å². The molecule has 0 aromatic carbocycles. The van der Waals surface area contributed by atoms with Gasteiger partial charge in [0, 0.05) is 18.1 Å². The van der Waals surface area contributed by atoms with Gasteiger partial charge in [-0.15, -0.1) is 0 Å². The Kier molecular flexibility index (Phi) is 5.30. The van der Waals surface area contributed by atoms with Crippen LogP contribution in [0.1, 0.15) is 65.2 Å². The summed E-state index contributed by atoms with van der Waals surface area (Å²) in [7, 11) is 0. The molecule has 0 spiro atoms. The van der Waals surface area contributed by atoms with E-state index >= 15 is 0 Å². The minimum atomic E-state index is 0.759. The lowest BCUT2D eigenvalue weighted by molar-refractivity contribution is 0.132. The van der Waals surface area contributed by atoms with Gasteiger partial charge in [0.05, 0.1) is 0 Å². The third-order valence-electron chi connectivity index (χ3n) is 4.77. The lowest BCUT2D eigenvalue weighted by Crippen LogP contribution is -2.51. The van der Waals surface area contributed by atoms with E-state index in [9.17, 15) is 0 Å². The average Bonchev–Trinajstić information content (AvgIpc) is 2.70. The Morgan fingerprint density at radius 1 is 1.00 bits per heavy atom. The molecule has 1 heterocycles. The van der Waals surface area contributed by atoms with E-state index in [1.54, 1.807) is 0 Å². The molecule has 1 saturated heterocycles. The lowest BCUT2D eigenvalue weighted by Gasteiger charge is -2.37. The predicted octanol–water partition coefficient (Wildman–Crippen LogP) is 3.17. The Hall–Kier alpha value is -0.0800. The van der Waals surface area contributed by atoms with Gasteiger partial charge < -0.3 is 5.32 Å². The lowest BCUT2D eigenvalue weighted by atomic mass is 9.99. The Balaban J connectivity index is 2.02. The van der Waals surface area contributed by atoms with Crippen molar-refractivity contribution < 1.29 is 0 Å². The van der Waals surface area contributed by atoms with Crippen molar-refractivity contribution in [2.75, 3.05) is 13.1 Å². The van der Waals surface area contributed by atoms with E-state index < -0.39 is 0 Å². The molecule has 2 aliphatic rings. The number of nitrogens with one attached hydrogen (secondary N) is 1. The molecule has 1 aliphatic carbocycles. The molecule has 1 saturated carbocycles. The number of likely N-dealkylation sites (N-methyl/N-ethyl adjacent to an activating group) is 1. The Labute approximate surface area is 107 Å². The van der Waals surface area contributed by atoms with Crippen LogP contribution in [0.5, 0.6) is 0 Å². The van der Waals surface area contributed by atoms with Gasteiger partial charge in [-0.2, -0.15) is 0 Å². The fourth-order valence-corrected chi connectivity index (χ4v) is 3.92. The molecule has 1 N–H and O–H groups in total. The molecule has 0 bridgehead atoms. The van der Waals surface area contributed by atoms with Crippen molar-refractivity contribution in [2.45, 2.75) is 83.3 Å². The molecule has 2 nitrogen and oxygen atoms in total. The van der Waals surface area contributed by atoms with Gasteiger partial charge in [-0.05, 0) is 45.2 Å². The first-order chi connectivity index (χ1) is 8.36. The largest absolute Gasteiger partial charge is 0.313 e. The monoisotopic (exact) mass is 238 g/mol. The van der Waals surface area contributed by atoms with E-state index in [1.807, 2.05) is 0 Å². The molecule has 17 heavy (non-hydrogen) atoms. The Bertz CT molecular complexity index is 217. The molecule has 100 valence electrons. The number of hydrogen-bond donors (Lipinski definition) is 1. The molecule has 2 fully saturated rings. The minimum absolute atomic E-state index is 0.759. The van der Waals surface area contributed by atoms with Crippen LogP contribution in [0.15, 0.2) is 0 Å². The van der Waals surface area contributed by atoms with Crippen molar-refractivity contribution in [1.29, 1.82) is 0 Å². The summed E-state index contributed by atoms with van der Waals surface area (Å²) in [5, 5.41) is 3.75. The third kappa shape index (κ3) is 3.23. The fraction of sp³-hybridized carbons (Fsp3) is 1.00. The number of hydrogen-bond acceptors (Lipinski definition) is 2. The van der Waals surface area contributed by atoms with Gasteiger partial charge in [-0.1, -0.05) is 33.1 Å². The molecule has 3 unspecified atom stereocenters. The maximum absolute atomic E-state index is 3.75. The van der Waals surface area contributed by atoms with Crippen LogP contribution in [0, 0.1) is 0 Å². The zero-order valence-electron chi connectivity index (χ0n) is 11.8. The molecule has 3 atom stereocenters. The summed E-state index contributed by atoms with van der Waals surface area (Å²) in [6, 6.07) is 2.46. The van der Waals surface area contributed by atoms with E-state index in [0.717, 1.165) is 24.7 Å². The van der Waals surface area contributed by atoms with Crippen molar-refractivity contribution in [3.8, 4) is 0 Å².